The van der Waals surface area contributed by atoms with Crippen molar-refractivity contribution in [1.29, 1.82) is 0 Å². The summed E-state index contributed by atoms with van der Waals surface area (Å²) in [6, 6.07) is 0. The second kappa shape index (κ2) is 4.71. The summed E-state index contributed by atoms with van der Waals surface area (Å²) in [6.07, 6.45) is 3.27. The van der Waals surface area contributed by atoms with Crippen LogP contribution in [0, 0.1) is 11.8 Å². The van der Waals surface area contributed by atoms with E-state index in [0.29, 0.717) is 18.4 Å². The first-order valence-electron chi connectivity index (χ1n) is 6.94. The van der Waals surface area contributed by atoms with Gasteiger partial charge in [0.25, 0.3) is 5.56 Å². The SMILES string of the molecule is CC(C)Cn1nnc2sc3c(c2c1=O)CCC(C)C3. The van der Waals surface area contributed by atoms with E-state index < -0.39 is 0 Å². The molecule has 1 unspecified atom stereocenters. The number of nitrogens with zero attached hydrogens (tertiary/aromatic N) is 3. The molecule has 0 amide bonds. The number of hydrogen-bond acceptors (Lipinski definition) is 4. The van der Waals surface area contributed by atoms with Crippen LogP contribution >= 0.6 is 11.3 Å². The van der Waals surface area contributed by atoms with Gasteiger partial charge in [-0.2, -0.15) is 0 Å². The lowest BCUT2D eigenvalue weighted by atomic mass is 9.89. The zero-order valence-electron chi connectivity index (χ0n) is 11.6. The van der Waals surface area contributed by atoms with Crippen LogP contribution in [0.2, 0.25) is 0 Å². The summed E-state index contributed by atoms with van der Waals surface area (Å²) in [7, 11) is 0. The van der Waals surface area contributed by atoms with E-state index >= 15 is 0 Å². The first-order valence-corrected chi connectivity index (χ1v) is 7.76. The Balaban J connectivity index is 2.17. The average molecular weight is 277 g/mol. The minimum Gasteiger partial charge on any atom is -0.267 e. The second-order valence-electron chi connectivity index (χ2n) is 6.00. The average Bonchev–Trinajstić information content (AvgIpc) is 2.70. The molecule has 0 saturated heterocycles. The third-order valence-corrected chi connectivity index (χ3v) is 4.86. The molecule has 102 valence electrons. The lowest BCUT2D eigenvalue weighted by Crippen LogP contribution is -2.26. The van der Waals surface area contributed by atoms with Crippen molar-refractivity contribution in [2.24, 2.45) is 11.8 Å². The molecule has 0 N–H and O–H groups in total. The highest BCUT2D eigenvalue weighted by molar-refractivity contribution is 7.18. The second-order valence-corrected chi connectivity index (χ2v) is 7.09. The molecule has 0 aromatic carbocycles. The highest BCUT2D eigenvalue weighted by Crippen LogP contribution is 2.35. The van der Waals surface area contributed by atoms with Crippen molar-refractivity contribution < 1.29 is 0 Å². The van der Waals surface area contributed by atoms with E-state index in [1.54, 1.807) is 11.3 Å². The summed E-state index contributed by atoms with van der Waals surface area (Å²) >= 11 is 1.66. The van der Waals surface area contributed by atoms with Crippen molar-refractivity contribution >= 4 is 21.6 Å². The van der Waals surface area contributed by atoms with E-state index in [2.05, 4.69) is 31.1 Å². The minimum atomic E-state index is 0.0470. The van der Waals surface area contributed by atoms with Gasteiger partial charge < -0.3 is 0 Å². The van der Waals surface area contributed by atoms with Gasteiger partial charge in [-0.15, -0.1) is 16.4 Å². The fraction of sp³-hybridized carbons (Fsp3) is 0.643. The van der Waals surface area contributed by atoms with Gasteiger partial charge in [-0.25, -0.2) is 4.68 Å². The number of rotatable bonds is 2. The Morgan fingerprint density at radius 2 is 2.26 bits per heavy atom. The molecule has 0 radical (unpaired) electrons. The van der Waals surface area contributed by atoms with Crippen LogP contribution in [0.3, 0.4) is 0 Å². The van der Waals surface area contributed by atoms with Crippen LogP contribution in [-0.4, -0.2) is 15.0 Å². The number of aromatic nitrogens is 3. The van der Waals surface area contributed by atoms with Gasteiger partial charge in [-0.1, -0.05) is 26.0 Å². The smallest absolute Gasteiger partial charge is 0.267 e. The number of hydrogen-bond donors (Lipinski definition) is 0. The van der Waals surface area contributed by atoms with E-state index in [0.717, 1.165) is 23.1 Å². The molecule has 1 aliphatic rings. The maximum absolute atomic E-state index is 12.5. The maximum Gasteiger partial charge on any atom is 0.278 e. The highest BCUT2D eigenvalue weighted by Gasteiger charge is 2.23. The maximum atomic E-state index is 12.5. The molecule has 4 nitrogen and oxygen atoms in total. The number of aryl methyl sites for hydroxylation is 1. The molecule has 5 heteroatoms. The first-order chi connectivity index (χ1) is 9.06. The predicted molar refractivity (Wildman–Crippen MR) is 77.7 cm³/mol. The summed E-state index contributed by atoms with van der Waals surface area (Å²) in [6.45, 7) is 7.09. The summed E-state index contributed by atoms with van der Waals surface area (Å²) < 4.78 is 1.53. The van der Waals surface area contributed by atoms with E-state index in [4.69, 9.17) is 0 Å². The molecule has 0 fully saturated rings. The first kappa shape index (κ1) is 12.8. The molecule has 2 aromatic rings. The molecule has 2 heterocycles. The molecular formula is C14H19N3OS. The molecule has 1 atom stereocenters. The van der Waals surface area contributed by atoms with E-state index in [9.17, 15) is 4.79 Å². The standard InChI is InChI=1S/C14H19N3OS/c1-8(2)7-17-14(18)12-10-5-4-9(3)6-11(10)19-13(12)15-16-17/h8-9H,4-7H2,1-3H3. The van der Waals surface area contributed by atoms with Crippen LogP contribution in [0.15, 0.2) is 4.79 Å². The number of fused-ring (bicyclic) bond motifs is 3. The van der Waals surface area contributed by atoms with Crippen LogP contribution in [0.5, 0.6) is 0 Å². The summed E-state index contributed by atoms with van der Waals surface area (Å²) in [5.74, 6) is 1.12. The summed E-state index contributed by atoms with van der Waals surface area (Å²) in [4.78, 5) is 14.7. The monoisotopic (exact) mass is 277 g/mol. The number of thiophene rings is 1. The van der Waals surface area contributed by atoms with Gasteiger partial charge in [0.2, 0.25) is 0 Å². The van der Waals surface area contributed by atoms with Gasteiger partial charge in [0.05, 0.1) is 5.39 Å². The van der Waals surface area contributed by atoms with Gasteiger partial charge in [0.1, 0.15) is 0 Å². The Bertz CT molecular complexity index is 671. The molecule has 0 aliphatic heterocycles. The van der Waals surface area contributed by atoms with E-state index in [1.807, 2.05) is 0 Å². The van der Waals surface area contributed by atoms with Crippen LogP contribution in [-0.2, 0) is 19.4 Å². The Hall–Kier alpha value is -1.23. The van der Waals surface area contributed by atoms with Crippen molar-refractivity contribution in [1.82, 2.24) is 15.0 Å². The highest BCUT2D eigenvalue weighted by atomic mass is 32.1. The zero-order chi connectivity index (χ0) is 13.6. The molecule has 3 rings (SSSR count). The molecule has 19 heavy (non-hydrogen) atoms. The molecular weight excluding hydrogens is 258 g/mol. The van der Waals surface area contributed by atoms with E-state index in [-0.39, 0.29) is 5.56 Å². The fourth-order valence-corrected chi connectivity index (χ4v) is 4.08. The van der Waals surface area contributed by atoms with Crippen LogP contribution in [0.1, 0.15) is 37.6 Å². The summed E-state index contributed by atoms with van der Waals surface area (Å²) in [5.41, 5.74) is 1.29. The van der Waals surface area contributed by atoms with Crippen molar-refractivity contribution in [3.63, 3.8) is 0 Å². The summed E-state index contributed by atoms with van der Waals surface area (Å²) in [5, 5.41) is 9.17. The lowest BCUT2D eigenvalue weighted by Gasteiger charge is -2.17. The zero-order valence-corrected chi connectivity index (χ0v) is 12.5. The van der Waals surface area contributed by atoms with Crippen LogP contribution in [0.4, 0.5) is 0 Å². The third kappa shape index (κ3) is 2.20. The fourth-order valence-electron chi connectivity index (χ4n) is 2.76. The van der Waals surface area contributed by atoms with Crippen molar-refractivity contribution in [3.8, 4) is 0 Å². The normalized spacial score (nSPS) is 19.1. The Morgan fingerprint density at radius 3 is 3.00 bits per heavy atom. The third-order valence-electron chi connectivity index (χ3n) is 3.72. The Kier molecular flexibility index (Phi) is 3.17. The lowest BCUT2D eigenvalue weighted by molar-refractivity contribution is 0.449. The predicted octanol–water partition coefficient (Wildman–Crippen LogP) is 2.63. The molecule has 0 saturated carbocycles. The van der Waals surface area contributed by atoms with Gasteiger partial charge >= 0.3 is 0 Å². The largest absolute Gasteiger partial charge is 0.278 e. The van der Waals surface area contributed by atoms with E-state index in [1.165, 1.54) is 21.5 Å². The molecule has 0 bridgehead atoms. The van der Waals surface area contributed by atoms with Crippen molar-refractivity contribution in [3.05, 3.63) is 20.8 Å². The Labute approximate surface area is 116 Å². The quantitative estimate of drug-likeness (QED) is 0.848. The van der Waals surface area contributed by atoms with Crippen molar-refractivity contribution in [2.45, 2.75) is 46.6 Å². The molecule has 2 aromatic heterocycles. The van der Waals surface area contributed by atoms with Crippen LogP contribution in [0.25, 0.3) is 10.2 Å². The minimum absolute atomic E-state index is 0.0470. The van der Waals surface area contributed by atoms with Gasteiger partial charge in [0, 0.05) is 11.4 Å². The van der Waals surface area contributed by atoms with Crippen LogP contribution < -0.4 is 5.56 Å². The van der Waals surface area contributed by atoms with Crippen molar-refractivity contribution in [2.75, 3.05) is 0 Å². The molecule has 0 spiro atoms. The topological polar surface area (TPSA) is 47.8 Å². The molecule has 1 aliphatic carbocycles. The van der Waals surface area contributed by atoms with Gasteiger partial charge in [-0.3, -0.25) is 4.79 Å². The van der Waals surface area contributed by atoms with Gasteiger partial charge in [0.15, 0.2) is 4.83 Å². The Morgan fingerprint density at radius 1 is 1.47 bits per heavy atom. The van der Waals surface area contributed by atoms with Gasteiger partial charge in [-0.05, 0) is 36.7 Å².